The number of hydrogen-bond donors (Lipinski definition) is 2. The first kappa shape index (κ1) is 15.0. The predicted molar refractivity (Wildman–Crippen MR) is 57.6 cm³/mol. The maximum Gasteiger partial charge on any atom is 0.209 e. The van der Waals surface area contributed by atoms with E-state index in [1.54, 1.807) is 0 Å². The van der Waals surface area contributed by atoms with Crippen LogP contribution in [0.5, 0.6) is 0 Å². The molecule has 1 rings (SSSR count). The van der Waals surface area contributed by atoms with E-state index < -0.39 is 0 Å². The molecule has 5 nitrogen and oxygen atoms in total. The van der Waals surface area contributed by atoms with E-state index in [2.05, 4.69) is 11.7 Å². The Morgan fingerprint density at radius 1 is 1.75 bits per heavy atom. The molecule has 0 saturated carbocycles. The van der Waals surface area contributed by atoms with Crippen molar-refractivity contribution in [1.82, 2.24) is 4.90 Å². The number of quaternary nitrogens is 1. The minimum atomic E-state index is 0. The van der Waals surface area contributed by atoms with Crippen molar-refractivity contribution in [2.75, 3.05) is 20.4 Å². The second-order valence-corrected chi connectivity index (χ2v) is 3.72. The molecule has 0 aromatic carbocycles. The molecule has 1 aliphatic rings. The van der Waals surface area contributed by atoms with Gasteiger partial charge in [0.25, 0.3) is 0 Å². The van der Waals surface area contributed by atoms with Gasteiger partial charge in [-0.05, 0) is 6.92 Å². The summed E-state index contributed by atoms with van der Waals surface area (Å²) in [6.45, 7) is 6.78. The lowest BCUT2D eigenvalue weighted by atomic mass is 10.4. The molecular formula is C10H18ClN3O2. The Balaban J connectivity index is 0.00000225. The van der Waals surface area contributed by atoms with E-state index in [1.807, 2.05) is 31.3 Å². The summed E-state index contributed by atoms with van der Waals surface area (Å²) in [5, 5.41) is 11.6. The molecule has 2 unspecified atom stereocenters. The minimum absolute atomic E-state index is 0. The standard InChI is InChI=1S/C10H17N3O2.ClH/c1-9(2)7-15-8-13-5-4-12(3)10(13)6-11-14;/h4-6,10,14H,1,7-8H2,2-3H3;1H/b11-6-;. The van der Waals surface area contributed by atoms with Crippen molar-refractivity contribution < 1.29 is 27.3 Å². The summed E-state index contributed by atoms with van der Waals surface area (Å²) in [6.07, 6.45) is 5.40. The van der Waals surface area contributed by atoms with E-state index in [9.17, 15) is 0 Å². The number of rotatable bonds is 5. The Bertz CT molecular complexity index is 281. The van der Waals surface area contributed by atoms with Crippen LogP contribution in [0.25, 0.3) is 0 Å². The van der Waals surface area contributed by atoms with Gasteiger partial charge in [0, 0.05) is 7.05 Å². The summed E-state index contributed by atoms with van der Waals surface area (Å²) < 4.78 is 5.45. The maximum atomic E-state index is 8.52. The van der Waals surface area contributed by atoms with Crippen LogP contribution in [0.1, 0.15) is 6.92 Å². The first-order valence-electron chi connectivity index (χ1n) is 4.80. The normalized spacial score (nSPS) is 23.8. The third-order valence-corrected chi connectivity index (χ3v) is 2.17. The number of hydrogen-bond acceptors (Lipinski definition) is 4. The second kappa shape index (κ2) is 7.27. The van der Waals surface area contributed by atoms with Gasteiger partial charge >= 0.3 is 0 Å². The highest BCUT2D eigenvalue weighted by Gasteiger charge is 2.27. The van der Waals surface area contributed by atoms with Crippen molar-refractivity contribution in [2.24, 2.45) is 5.16 Å². The molecule has 0 amide bonds. The van der Waals surface area contributed by atoms with Gasteiger partial charge < -0.3 is 27.3 Å². The van der Waals surface area contributed by atoms with E-state index in [-0.39, 0.29) is 18.6 Å². The van der Waals surface area contributed by atoms with E-state index >= 15 is 0 Å². The fourth-order valence-electron chi connectivity index (χ4n) is 1.41. The summed E-state index contributed by atoms with van der Waals surface area (Å²) in [6, 6.07) is 0. The fraction of sp³-hybridized carbons (Fsp3) is 0.500. The summed E-state index contributed by atoms with van der Waals surface area (Å²) in [5.74, 6) is 0. The number of ether oxygens (including phenoxy) is 1. The van der Waals surface area contributed by atoms with E-state index in [0.717, 1.165) is 10.5 Å². The molecule has 2 atom stereocenters. The molecule has 0 bridgehead atoms. The summed E-state index contributed by atoms with van der Waals surface area (Å²) in [4.78, 5) is 3.04. The van der Waals surface area contributed by atoms with Crippen LogP contribution in [0.4, 0.5) is 0 Å². The van der Waals surface area contributed by atoms with Crippen molar-refractivity contribution in [3.8, 4) is 0 Å². The van der Waals surface area contributed by atoms with Crippen LogP contribution >= 0.6 is 0 Å². The van der Waals surface area contributed by atoms with Crippen molar-refractivity contribution in [3.05, 3.63) is 24.6 Å². The van der Waals surface area contributed by atoms with Crippen LogP contribution in [0.2, 0.25) is 0 Å². The van der Waals surface area contributed by atoms with Gasteiger partial charge in [0.1, 0.15) is 12.4 Å². The molecule has 92 valence electrons. The Morgan fingerprint density at radius 3 is 3.00 bits per heavy atom. The number of nitrogens with zero attached hydrogens (tertiary/aromatic N) is 2. The van der Waals surface area contributed by atoms with Gasteiger partial charge in [0.05, 0.1) is 12.8 Å². The zero-order chi connectivity index (χ0) is 11.3. The van der Waals surface area contributed by atoms with Gasteiger partial charge in [-0.1, -0.05) is 17.3 Å². The first-order chi connectivity index (χ1) is 7.15. The highest BCUT2D eigenvalue weighted by Crippen LogP contribution is 1.94. The number of nitrogens with one attached hydrogen (secondary N) is 1. The third-order valence-electron chi connectivity index (χ3n) is 2.17. The molecule has 0 radical (unpaired) electrons. The van der Waals surface area contributed by atoms with Crippen molar-refractivity contribution >= 4 is 6.21 Å². The molecule has 0 aromatic heterocycles. The average molecular weight is 248 g/mol. The van der Waals surface area contributed by atoms with E-state index in [4.69, 9.17) is 9.94 Å². The average Bonchev–Trinajstić information content (AvgIpc) is 2.50. The highest BCUT2D eigenvalue weighted by molar-refractivity contribution is 5.61. The van der Waals surface area contributed by atoms with Crippen molar-refractivity contribution in [3.63, 3.8) is 0 Å². The molecule has 0 aliphatic carbocycles. The summed E-state index contributed by atoms with van der Waals surface area (Å²) in [5.41, 5.74) is 0.998. The monoisotopic (exact) mass is 247 g/mol. The Hall–Kier alpha value is -1.04. The van der Waals surface area contributed by atoms with Crippen LogP contribution in [0.15, 0.2) is 29.7 Å². The van der Waals surface area contributed by atoms with Crippen molar-refractivity contribution in [2.45, 2.75) is 13.1 Å². The first-order valence-corrected chi connectivity index (χ1v) is 4.80. The number of halogens is 1. The summed E-state index contributed by atoms with van der Waals surface area (Å²) in [7, 11) is 1.93. The van der Waals surface area contributed by atoms with E-state index in [0.29, 0.717) is 13.3 Å². The van der Waals surface area contributed by atoms with Crippen LogP contribution < -0.4 is 17.3 Å². The van der Waals surface area contributed by atoms with E-state index in [1.165, 1.54) is 6.21 Å². The maximum absolute atomic E-state index is 8.52. The largest absolute Gasteiger partial charge is 1.00 e. The SMILES string of the molecule is C=C(C)COC[NH+]1C=CN(C)C1/C=N\O.[Cl-]. The van der Waals surface area contributed by atoms with Gasteiger partial charge in [-0.3, -0.25) is 4.90 Å². The van der Waals surface area contributed by atoms with Crippen LogP contribution in [-0.4, -0.2) is 42.9 Å². The second-order valence-electron chi connectivity index (χ2n) is 3.72. The fourth-order valence-corrected chi connectivity index (χ4v) is 1.41. The molecule has 0 fully saturated rings. The minimum Gasteiger partial charge on any atom is -1.00 e. The molecular weight excluding hydrogens is 230 g/mol. The quantitative estimate of drug-likeness (QED) is 0.231. The Morgan fingerprint density at radius 2 is 2.44 bits per heavy atom. The third kappa shape index (κ3) is 4.22. The summed E-state index contributed by atoms with van der Waals surface area (Å²) >= 11 is 0. The molecule has 6 heteroatoms. The predicted octanol–water partition coefficient (Wildman–Crippen LogP) is -3.37. The Labute approximate surface area is 102 Å². The lowest BCUT2D eigenvalue weighted by Crippen LogP contribution is -3.12. The van der Waals surface area contributed by atoms with Crippen molar-refractivity contribution in [1.29, 1.82) is 0 Å². The Kier molecular flexibility index (Phi) is 6.80. The number of oxime groups is 1. The van der Waals surface area contributed by atoms with Crippen LogP contribution in [0, 0.1) is 0 Å². The topological polar surface area (TPSA) is 49.5 Å². The zero-order valence-corrected chi connectivity index (χ0v) is 10.3. The smallest absolute Gasteiger partial charge is 0.209 e. The van der Waals surface area contributed by atoms with Gasteiger partial charge in [0.2, 0.25) is 6.17 Å². The van der Waals surface area contributed by atoms with Crippen LogP contribution in [-0.2, 0) is 4.74 Å². The molecule has 1 heterocycles. The molecule has 2 N–H and O–H groups in total. The molecule has 0 aromatic rings. The molecule has 1 aliphatic heterocycles. The highest BCUT2D eigenvalue weighted by atomic mass is 35.5. The van der Waals surface area contributed by atoms with Crippen LogP contribution in [0.3, 0.4) is 0 Å². The van der Waals surface area contributed by atoms with Gasteiger partial charge in [0.15, 0.2) is 6.73 Å². The van der Waals surface area contributed by atoms with Gasteiger partial charge in [-0.25, -0.2) is 0 Å². The van der Waals surface area contributed by atoms with Gasteiger partial charge in [-0.2, -0.15) is 0 Å². The molecule has 0 saturated heterocycles. The van der Waals surface area contributed by atoms with Gasteiger partial charge in [-0.15, -0.1) is 0 Å². The molecule has 0 spiro atoms. The lowest BCUT2D eigenvalue weighted by molar-refractivity contribution is -0.885. The molecule has 16 heavy (non-hydrogen) atoms. The zero-order valence-electron chi connectivity index (χ0n) is 9.56. The lowest BCUT2D eigenvalue weighted by Gasteiger charge is -2.21.